The van der Waals surface area contributed by atoms with E-state index in [9.17, 15) is 14.7 Å². The second-order valence-corrected chi connectivity index (χ2v) is 6.75. The molecular weight excluding hydrogens is 268 g/mol. The molecule has 1 amide bonds. The van der Waals surface area contributed by atoms with Gasteiger partial charge in [0, 0.05) is 18.1 Å². The molecule has 0 heterocycles. The number of rotatable bonds is 7. The van der Waals surface area contributed by atoms with Crippen LogP contribution in [-0.2, 0) is 9.59 Å². The Morgan fingerprint density at radius 3 is 2.05 bits per heavy atom. The van der Waals surface area contributed by atoms with Gasteiger partial charge in [-0.25, -0.2) is 0 Å². The van der Waals surface area contributed by atoms with E-state index in [0.717, 1.165) is 25.7 Å². The van der Waals surface area contributed by atoms with Crippen LogP contribution in [0.2, 0.25) is 0 Å². The Bertz CT molecular complexity index is 387. The van der Waals surface area contributed by atoms with Crippen LogP contribution < -0.4 is 0 Å². The van der Waals surface area contributed by atoms with Crippen molar-refractivity contribution < 1.29 is 14.7 Å². The van der Waals surface area contributed by atoms with E-state index in [2.05, 4.69) is 13.8 Å². The summed E-state index contributed by atoms with van der Waals surface area (Å²) in [7, 11) is 0. The minimum atomic E-state index is -0.841. The van der Waals surface area contributed by atoms with E-state index >= 15 is 0 Å². The Kier molecular flexibility index (Phi) is 5.25. The lowest BCUT2D eigenvalue weighted by molar-refractivity contribution is -0.145. The number of hydrogen-bond donors (Lipinski definition) is 1. The summed E-state index contributed by atoms with van der Waals surface area (Å²) in [4.78, 5) is 27.8. The third kappa shape index (κ3) is 3.96. The van der Waals surface area contributed by atoms with Gasteiger partial charge in [0.1, 0.15) is 6.04 Å². The molecule has 2 saturated carbocycles. The maximum absolute atomic E-state index is 12.7. The minimum absolute atomic E-state index is 0.0944. The van der Waals surface area contributed by atoms with E-state index in [1.54, 1.807) is 6.92 Å². The molecule has 5 nitrogen and oxygen atoms in total. The number of hydrogen-bond acceptors (Lipinski definition) is 3. The van der Waals surface area contributed by atoms with Gasteiger partial charge in [-0.05, 0) is 46.5 Å². The van der Waals surface area contributed by atoms with Crippen molar-refractivity contribution in [2.45, 2.75) is 83.5 Å². The number of carboxylic acid groups (broad SMARTS) is 1. The highest BCUT2D eigenvalue weighted by molar-refractivity contribution is 5.80. The lowest BCUT2D eigenvalue weighted by Gasteiger charge is -2.35. The van der Waals surface area contributed by atoms with Crippen molar-refractivity contribution in [3.8, 4) is 0 Å². The number of aliphatic carboxylic acids is 1. The van der Waals surface area contributed by atoms with Gasteiger partial charge in [0.05, 0.1) is 6.54 Å². The summed E-state index contributed by atoms with van der Waals surface area (Å²) in [6.07, 6.45) is 6.58. The Labute approximate surface area is 127 Å². The van der Waals surface area contributed by atoms with Crippen molar-refractivity contribution in [2.75, 3.05) is 6.54 Å². The number of carboxylic acids is 1. The van der Waals surface area contributed by atoms with Gasteiger partial charge < -0.3 is 10.0 Å². The van der Waals surface area contributed by atoms with E-state index < -0.39 is 12.0 Å². The van der Waals surface area contributed by atoms with Crippen molar-refractivity contribution >= 4 is 11.9 Å². The average Bonchev–Trinajstić information content (AvgIpc) is 3.12. The molecular formula is C16H28N2O3. The van der Waals surface area contributed by atoms with E-state index in [1.807, 2.05) is 9.80 Å². The van der Waals surface area contributed by atoms with Crippen LogP contribution in [0.1, 0.15) is 59.3 Å². The third-order valence-electron chi connectivity index (χ3n) is 4.75. The fraction of sp³-hybridized carbons (Fsp3) is 0.875. The maximum atomic E-state index is 12.7. The molecule has 0 aromatic rings. The monoisotopic (exact) mass is 296 g/mol. The van der Waals surface area contributed by atoms with Crippen molar-refractivity contribution in [3.05, 3.63) is 0 Å². The van der Waals surface area contributed by atoms with Crippen LogP contribution in [0.15, 0.2) is 0 Å². The van der Waals surface area contributed by atoms with Gasteiger partial charge in [0.25, 0.3) is 0 Å². The van der Waals surface area contributed by atoms with Crippen LogP contribution in [0.5, 0.6) is 0 Å². The number of carbonyl (C=O) groups excluding carboxylic acids is 1. The van der Waals surface area contributed by atoms with Gasteiger partial charge in [0.15, 0.2) is 0 Å². The highest BCUT2D eigenvalue weighted by atomic mass is 16.4. The summed E-state index contributed by atoms with van der Waals surface area (Å²) in [6.45, 7) is 6.03. The average molecular weight is 296 g/mol. The molecule has 0 aromatic carbocycles. The van der Waals surface area contributed by atoms with Crippen LogP contribution in [0.4, 0.5) is 0 Å². The summed E-state index contributed by atoms with van der Waals surface area (Å²) < 4.78 is 0. The van der Waals surface area contributed by atoms with E-state index in [4.69, 9.17) is 0 Å². The number of nitrogens with zero attached hydrogens (tertiary/aromatic N) is 2. The van der Waals surface area contributed by atoms with Crippen LogP contribution in [0.3, 0.4) is 0 Å². The molecule has 0 aromatic heterocycles. The first kappa shape index (κ1) is 16.3. The summed E-state index contributed by atoms with van der Waals surface area (Å²) in [5.74, 6) is -0.747. The molecule has 1 unspecified atom stereocenters. The molecule has 0 spiro atoms. The standard InChI is InChI=1S/C16H28N2O3/c1-11(2)18(14-6-4-5-7-14)15(19)10-17(13-8-9-13)12(3)16(20)21/h11-14H,4-10H2,1-3H3,(H,20,21). The Hall–Kier alpha value is -1.10. The third-order valence-corrected chi connectivity index (χ3v) is 4.75. The molecule has 1 atom stereocenters. The van der Waals surface area contributed by atoms with Gasteiger partial charge in [-0.2, -0.15) is 0 Å². The molecule has 21 heavy (non-hydrogen) atoms. The molecule has 5 heteroatoms. The normalized spacial score (nSPS) is 21.0. The lowest BCUT2D eigenvalue weighted by atomic mass is 10.1. The van der Waals surface area contributed by atoms with Crippen LogP contribution >= 0.6 is 0 Å². The first-order valence-corrected chi connectivity index (χ1v) is 8.21. The minimum Gasteiger partial charge on any atom is -0.480 e. The molecule has 2 rings (SSSR count). The predicted molar refractivity (Wildman–Crippen MR) is 81.1 cm³/mol. The molecule has 2 aliphatic rings. The second kappa shape index (κ2) is 6.77. The summed E-state index contributed by atoms with van der Waals surface area (Å²) in [5, 5.41) is 9.23. The SMILES string of the molecule is CC(C(=O)O)N(CC(=O)N(C(C)C)C1CCCC1)C1CC1. The van der Waals surface area contributed by atoms with E-state index in [0.29, 0.717) is 6.04 Å². The summed E-state index contributed by atoms with van der Waals surface area (Å²) >= 11 is 0. The summed E-state index contributed by atoms with van der Waals surface area (Å²) in [6, 6.07) is 0.220. The van der Waals surface area contributed by atoms with Crippen LogP contribution in [0.25, 0.3) is 0 Å². The molecule has 0 radical (unpaired) electrons. The van der Waals surface area contributed by atoms with Crippen molar-refractivity contribution in [1.82, 2.24) is 9.80 Å². The van der Waals surface area contributed by atoms with Crippen molar-refractivity contribution in [1.29, 1.82) is 0 Å². The molecule has 0 aliphatic heterocycles. The zero-order valence-electron chi connectivity index (χ0n) is 13.4. The van der Waals surface area contributed by atoms with Crippen molar-refractivity contribution in [3.63, 3.8) is 0 Å². The van der Waals surface area contributed by atoms with Crippen molar-refractivity contribution in [2.24, 2.45) is 0 Å². The lowest BCUT2D eigenvalue weighted by Crippen LogP contribution is -2.51. The van der Waals surface area contributed by atoms with Gasteiger partial charge in [0.2, 0.25) is 5.91 Å². The Morgan fingerprint density at radius 2 is 1.62 bits per heavy atom. The summed E-state index contributed by atoms with van der Waals surface area (Å²) in [5.41, 5.74) is 0. The largest absolute Gasteiger partial charge is 0.480 e. The molecule has 0 bridgehead atoms. The topological polar surface area (TPSA) is 60.9 Å². The van der Waals surface area contributed by atoms with Gasteiger partial charge in [-0.15, -0.1) is 0 Å². The van der Waals surface area contributed by atoms with Crippen LogP contribution in [0, 0.1) is 0 Å². The molecule has 0 saturated heterocycles. The quantitative estimate of drug-likeness (QED) is 0.781. The smallest absolute Gasteiger partial charge is 0.320 e. The zero-order chi connectivity index (χ0) is 15.6. The maximum Gasteiger partial charge on any atom is 0.320 e. The van der Waals surface area contributed by atoms with E-state index in [1.165, 1.54) is 12.8 Å². The fourth-order valence-corrected chi connectivity index (χ4v) is 3.46. The van der Waals surface area contributed by atoms with Gasteiger partial charge in [-0.3, -0.25) is 14.5 Å². The van der Waals surface area contributed by atoms with Gasteiger partial charge >= 0.3 is 5.97 Å². The molecule has 1 N–H and O–H groups in total. The number of amides is 1. The Morgan fingerprint density at radius 1 is 1.05 bits per heavy atom. The first-order valence-electron chi connectivity index (χ1n) is 8.21. The first-order chi connectivity index (χ1) is 9.91. The molecule has 120 valence electrons. The second-order valence-electron chi connectivity index (χ2n) is 6.75. The number of carbonyl (C=O) groups is 2. The fourth-order valence-electron chi connectivity index (χ4n) is 3.46. The van der Waals surface area contributed by atoms with E-state index in [-0.39, 0.29) is 24.5 Å². The molecule has 2 aliphatic carbocycles. The predicted octanol–water partition coefficient (Wildman–Crippen LogP) is 2.10. The van der Waals surface area contributed by atoms with Gasteiger partial charge in [-0.1, -0.05) is 12.8 Å². The zero-order valence-corrected chi connectivity index (χ0v) is 13.4. The highest BCUT2D eigenvalue weighted by Crippen LogP contribution is 2.30. The Balaban J connectivity index is 2.03. The molecule has 2 fully saturated rings. The van der Waals surface area contributed by atoms with Crippen LogP contribution in [-0.4, -0.2) is 57.5 Å². The highest BCUT2D eigenvalue weighted by Gasteiger charge is 2.38.